The smallest absolute Gasteiger partial charge is 0.190 e. The minimum absolute atomic E-state index is 0. The molecule has 1 rings (SSSR count). The Kier molecular flexibility index (Phi) is 8.53. The van der Waals surface area contributed by atoms with Gasteiger partial charge in [-0.3, -0.25) is 4.99 Å². The predicted molar refractivity (Wildman–Crippen MR) is 90.1 cm³/mol. The molecule has 18 heavy (non-hydrogen) atoms. The lowest BCUT2D eigenvalue weighted by Gasteiger charge is -2.27. The van der Waals surface area contributed by atoms with Crippen LogP contribution in [-0.4, -0.2) is 39.7 Å². The number of nitrogens with zero attached hydrogens (tertiary/aromatic N) is 2. The molecule has 2 N–H and O–H groups in total. The fourth-order valence-corrected chi connectivity index (χ4v) is 1.58. The second-order valence-corrected chi connectivity index (χ2v) is 4.00. The topological polar surface area (TPSA) is 39.7 Å². The van der Waals surface area contributed by atoms with E-state index in [0.717, 1.165) is 12.5 Å². The summed E-state index contributed by atoms with van der Waals surface area (Å²) in [6.45, 7) is 3.03. The average Bonchev–Trinajstić information content (AvgIpc) is 2.39. The molecule has 0 radical (unpaired) electrons. The van der Waals surface area contributed by atoms with Crippen molar-refractivity contribution in [3.05, 3.63) is 30.3 Å². The van der Waals surface area contributed by atoms with Crippen LogP contribution in [0.3, 0.4) is 0 Å². The molecule has 1 atom stereocenters. The normalized spacial score (nSPS) is 12.3. The van der Waals surface area contributed by atoms with Crippen LogP contribution >= 0.6 is 24.0 Å². The lowest BCUT2D eigenvalue weighted by atomic mass is 10.2. The molecule has 4 nitrogen and oxygen atoms in total. The van der Waals surface area contributed by atoms with Crippen LogP contribution in [0.1, 0.15) is 6.92 Å². The van der Waals surface area contributed by atoms with Crippen LogP contribution in [0.4, 0.5) is 5.69 Å². The van der Waals surface area contributed by atoms with Gasteiger partial charge in [-0.2, -0.15) is 0 Å². The Balaban J connectivity index is 0.00000289. The third-order valence-corrected chi connectivity index (χ3v) is 2.85. The van der Waals surface area contributed by atoms with E-state index in [2.05, 4.69) is 58.8 Å². The summed E-state index contributed by atoms with van der Waals surface area (Å²) in [5.41, 5.74) is 1.22. The van der Waals surface area contributed by atoms with Gasteiger partial charge in [-0.05, 0) is 19.1 Å². The summed E-state index contributed by atoms with van der Waals surface area (Å²) < 4.78 is 0. The lowest BCUT2D eigenvalue weighted by Crippen LogP contribution is -2.44. The Morgan fingerprint density at radius 3 is 2.44 bits per heavy atom. The molecule has 102 valence electrons. The summed E-state index contributed by atoms with van der Waals surface area (Å²) in [5, 5.41) is 6.27. The lowest BCUT2D eigenvalue weighted by molar-refractivity contribution is 0.653. The van der Waals surface area contributed by atoms with Crippen LogP contribution in [0, 0.1) is 0 Å². The third-order valence-electron chi connectivity index (χ3n) is 2.85. The maximum absolute atomic E-state index is 4.09. The quantitative estimate of drug-likeness (QED) is 0.489. The van der Waals surface area contributed by atoms with Crippen molar-refractivity contribution in [2.45, 2.75) is 13.0 Å². The molecule has 0 saturated heterocycles. The Morgan fingerprint density at radius 1 is 1.33 bits per heavy atom. The molecule has 0 spiro atoms. The van der Waals surface area contributed by atoms with E-state index in [1.807, 2.05) is 13.1 Å². The molecule has 0 aliphatic carbocycles. The molecule has 5 heteroatoms. The van der Waals surface area contributed by atoms with E-state index in [0.29, 0.717) is 6.04 Å². The van der Waals surface area contributed by atoms with Crippen LogP contribution in [0.25, 0.3) is 0 Å². The molecule has 1 aromatic carbocycles. The Labute approximate surface area is 127 Å². The van der Waals surface area contributed by atoms with Crippen molar-refractivity contribution in [1.29, 1.82) is 0 Å². The molecule has 0 aliphatic rings. The molecule has 0 bridgehead atoms. The summed E-state index contributed by atoms with van der Waals surface area (Å²) >= 11 is 0. The van der Waals surface area contributed by atoms with Gasteiger partial charge in [-0.1, -0.05) is 18.2 Å². The molecule has 1 aromatic rings. The van der Waals surface area contributed by atoms with E-state index >= 15 is 0 Å². The first-order valence-corrected chi connectivity index (χ1v) is 5.85. The van der Waals surface area contributed by atoms with E-state index in [1.165, 1.54) is 5.69 Å². The van der Waals surface area contributed by atoms with Gasteiger partial charge in [0.2, 0.25) is 0 Å². The number of hydrogen-bond donors (Lipinski definition) is 2. The maximum atomic E-state index is 4.09. The number of likely N-dealkylation sites (N-methyl/N-ethyl adjacent to an activating group) is 1. The van der Waals surface area contributed by atoms with Gasteiger partial charge in [-0.15, -0.1) is 24.0 Å². The Morgan fingerprint density at radius 2 is 1.94 bits per heavy atom. The van der Waals surface area contributed by atoms with Crippen LogP contribution in [0.2, 0.25) is 0 Å². The van der Waals surface area contributed by atoms with Gasteiger partial charge >= 0.3 is 0 Å². The third kappa shape index (κ3) is 5.12. The SMILES string of the molecule is CN=C(NC)NCC(C)N(C)c1ccccc1.I. The molecule has 0 aliphatic heterocycles. The average molecular weight is 362 g/mol. The van der Waals surface area contributed by atoms with Gasteiger partial charge in [0, 0.05) is 39.4 Å². The number of halogens is 1. The van der Waals surface area contributed by atoms with Crippen molar-refractivity contribution in [3.8, 4) is 0 Å². The Hall–Kier alpha value is -0.980. The second kappa shape index (κ2) is 9.02. The Bertz CT molecular complexity index is 353. The van der Waals surface area contributed by atoms with Gasteiger partial charge in [0.05, 0.1) is 0 Å². The fraction of sp³-hybridized carbons (Fsp3) is 0.462. The number of benzene rings is 1. The van der Waals surface area contributed by atoms with E-state index in [9.17, 15) is 0 Å². The van der Waals surface area contributed by atoms with Gasteiger partial charge in [0.15, 0.2) is 5.96 Å². The van der Waals surface area contributed by atoms with Gasteiger partial charge in [0.1, 0.15) is 0 Å². The van der Waals surface area contributed by atoms with Crippen molar-refractivity contribution in [2.24, 2.45) is 4.99 Å². The van der Waals surface area contributed by atoms with E-state index in [-0.39, 0.29) is 24.0 Å². The first-order valence-electron chi connectivity index (χ1n) is 5.85. The monoisotopic (exact) mass is 362 g/mol. The summed E-state index contributed by atoms with van der Waals surface area (Å²) in [6, 6.07) is 10.8. The van der Waals surface area contributed by atoms with Gasteiger partial charge in [0.25, 0.3) is 0 Å². The van der Waals surface area contributed by atoms with Crippen LogP contribution < -0.4 is 15.5 Å². The molecular formula is C13H23IN4. The zero-order chi connectivity index (χ0) is 12.7. The van der Waals surface area contributed by atoms with Crippen LogP contribution in [0.15, 0.2) is 35.3 Å². The molecule has 0 fully saturated rings. The van der Waals surface area contributed by atoms with Crippen LogP contribution in [-0.2, 0) is 0 Å². The minimum atomic E-state index is 0. The summed E-state index contributed by atoms with van der Waals surface area (Å²) in [7, 11) is 5.73. The summed E-state index contributed by atoms with van der Waals surface area (Å²) in [5.74, 6) is 0.818. The second-order valence-electron chi connectivity index (χ2n) is 4.00. The number of nitrogens with one attached hydrogen (secondary N) is 2. The van der Waals surface area contributed by atoms with Crippen molar-refractivity contribution >= 4 is 35.6 Å². The predicted octanol–water partition coefficient (Wildman–Crippen LogP) is 1.92. The summed E-state index contributed by atoms with van der Waals surface area (Å²) in [6.07, 6.45) is 0. The number of guanidine groups is 1. The molecular weight excluding hydrogens is 339 g/mol. The molecule has 0 amide bonds. The van der Waals surface area contributed by atoms with Gasteiger partial charge in [-0.25, -0.2) is 0 Å². The largest absolute Gasteiger partial charge is 0.370 e. The van der Waals surface area contributed by atoms with E-state index in [1.54, 1.807) is 7.05 Å². The highest BCUT2D eigenvalue weighted by Gasteiger charge is 2.09. The van der Waals surface area contributed by atoms with E-state index < -0.39 is 0 Å². The molecule has 0 saturated carbocycles. The number of para-hydroxylation sites is 1. The first-order chi connectivity index (χ1) is 8.19. The maximum Gasteiger partial charge on any atom is 0.190 e. The van der Waals surface area contributed by atoms with Crippen molar-refractivity contribution in [2.75, 3.05) is 32.6 Å². The van der Waals surface area contributed by atoms with E-state index in [4.69, 9.17) is 0 Å². The van der Waals surface area contributed by atoms with Crippen molar-refractivity contribution in [1.82, 2.24) is 10.6 Å². The van der Waals surface area contributed by atoms with Gasteiger partial charge < -0.3 is 15.5 Å². The number of rotatable bonds is 4. The highest BCUT2D eigenvalue weighted by molar-refractivity contribution is 14.0. The standard InChI is InChI=1S/C13H22N4.HI/c1-11(10-16-13(14-2)15-3)17(4)12-8-6-5-7-9-12;/h5-9,11H,10H2,1-4H3,(H2,14,15,16);1H. The minimum Gasteiger partial charge on any atom is -0.370 e. The highest BCUT2D eigenvalue weighted by Crippen LogP contribution is 2.13. The molecule has 1 unspecified atom stereocenters. The number of aliphatic imine (C=N–C) groups is 1. The molecule has 0 heterocycles. The first kappa shape index (κ1) is 17.0. The molecule has 0 aromatic heterocycles. The number of hydrogen-bond acceptors (Lipinski definition) is 2. The van der Waals surface area contributed by atoms with Crippen LogP contribution in [0.5, 0.6) is 0 Å². The zero-order valence-electron chi connectivity index (χ0n) is 11.5. The zero-order valence-corrected chi connectivity index (χ0v) is 13.8. The van der Waals surface area contributed by atoms with Crippen molar-refractivity contribution < 1.29 is 0 Å². The summed E-state index contributed by atoms with van der Waals surface area (Å²) in [4.78, 5) is 6.33. The van der Waals surface area contributed by atoms with Crippen molar-refractivity contribution in [3.63, 3.8) is 0 Å². The fourth-order valence-electron chi connectivity index (χ4n) is 1.58. The number of anilines is 1. The highest BCUT2D eigenvalue weighted by atomic mass is 127.